The number of sulfonamides is 2. The van der Waals surface area contributed by atoms with Gasteiger partial charge in [-0.2, -0.15) is 0 Å². The number of rotatable bonds is 7. The van der Waals surface area contributed by atoms with Gasteiger partial charge in [-0.15, -0.1) is 0 Å². The summed E-state index contributed by atoms with van der Waals surface area (Å²) < 4.78 is 58.7. The molecule has 152 valence electrons. The molecule has 9 heteroatoms. The van der Waals surface area contributed by atoms with Crippen molar-refractivity contribution in [2.45, 2.75) is 25.5 Å². The Morgan fingerprint density at radius 3 is 2.43 bits per heavy atom. The number of nitrogens with one attached hydrogen (secondary N) is 1. The van der Waals surface area contributed by atoms with Crippen molar-refractivity contribution in [2.75, 3.05) is 28.4 Å². The minimum absolute atomic E-state index is 0.0304. The van der Waals surface area contributed by atoms with E-state index < -0.39 is 20.0 Å². The summed E-state index contributed by atoms with van der Waals surface area (Å²) in [4.78, 5) is 0. The fourth-order valence-corrected chi connectivity index (χ4v) is 5.61. The number of hydrogen-bond acceptors (Lipinski definition) is 5. The molecule has 0 fully saturated rings. The van der Waals surface area contributed by atoms with Crippen LogP contribution in [0.15, 0.2) is 42.5 Å². The Morgan fingerprint density at radius 1 is 1.07 bits per heavy atom. The van der Waals surface area contributed by atoms with Crippen molar-refractivity contribution in [1.82, 2.24) is 0 Å². The summed E-state index contributed by atoms with van der Waals surface area (Å²) in [6.45, 7) is 2.07. The molecule has 0 unspecified atom stereocenters. The summed E-state index contributed by atoms with van der Waals surface area (Å²) in [6, 6.07) is 11.8. The third kappa shape index (κ3) is 4.59. The number of nitrogens with zero attached hydrogens (tertiary/aromatic N) is 1. The Morgan fingerprint density at radius 2 is 1.79 bits per heavy atom. The lowest BCUT2D eigenvalue weighted by molar-refractivity contribution is 0.414. The molecule has 28 heavy (non-hydrogen) atoms. The summed E-state index contributed by atoms with van der Waals surface area (Å²) in [5, 5.41) is 0. The number of ether oxygens (including phenoxy) is 1. The highest BCUT2D eigenvalue weighted by molar-refractivity contribution is 7.92. The van der Waals surface area contributed by atoms with Crippen LogP contribution in [-0.2, 0) is 32.2 Å². The van der Waals surface area contributed by atoms with E-state index in [-0.39, 0.29) is 11.5 Å². The Balaban J connectivity index is 1.79. The van der Waals surface area contributed by atoms with E-state index in [2.05, 4.69) is 4.72 Å². The predicted molar refractivity (Wildman–Crippen MR) is 111 cm³/mol. The third-order valence-corrected chi connectivity index (χ3v) is 7.69. The molecule has 0 saturated carbocycles. The van der Waals surface area contributed by atoms with Crippen LogP contribution in [0.3, 0.4) is 0 Å². The zero-order valence-corrected chi connectivity index (χ0v) is 17.5. The molecule has 1 aliphatic heterocycles. The van der Waals surface area contributed by atoms with Gasteiger partial charge in [-0.3, -0.25) is 9.03 Å². The molecule has 1 heterocycles. The van der Waals surface area contributed by atoms with Gasteiger partial charge in [-0.25, -0.2) is 16.8 Å². The lowest BCUT2D eigenvalue weighted by Gasteiger charge is -2.30. The lowest BCUT2D eigenvalue weighted by Crippen LogP contribution is -2.36. The SMILES string of the molecule is CCS(=O)(=O)N1CCCc2cc(NS(=O)(=O)Cc3ccc(OC)cc3)ccc21. The first-order valence-electron chi connectivity index (χ1n) is 9.01. The highest BCUT2D eigenvalue weighted by Crippen LogP contribution is 2.32. The van der Waals surface area contributed by atoms with Gasteiger partial charge in [-0.1, -0.05) is 12.1 Å². The predicted octanol–water partition coefficient (Wildman–Crippen LogP) is 2.74. The fourth-order valence-electron chi connectivity index (χ4n) is 3.23. The summed E-state index contributed by atoms with van der Waals surface area (Å²) in [6.07, 6.45) is 1.41. The van der Waals surface area contributed by atoms with Gasteiger partial charge >= 0.3 is 0 Å². The van der Waals surface area contributed by atoms with Crippen LogP contribution >= 0.6 is 0 Å². The van der Waals surface area contributed by atoms with Crippen LogP contribution in [-0.4, -0.2) is 36.2 Å². The molecular weight excluding hydrogens is 400 g/mol. The maximum Gasteiger partial charge on any atom is 0.236 e. The number of hydrogen-bond donors (Lipinski definition) is 1. The first-order chi connectivity index (χ1) is 13.2. The fraction of sp³-hybridized carbons (Fsp3) is 0.368. The molecule has 0 amide bonds. The minimum atomic E-state index is -3.60. The number of anilines is 2. The van der Waals surface area contributed by atoms with Crippen LogP contribution in [0.25, 0.3) is 0 Å². The summed E-state index contributed by atoms with van der Waals surface area (Å²) in [5.41, 5.74) is 2.54. The first-order valence-corrected chi connectivity index (χ1v) is 12.3. The summed E-state index contributed by atoms with van der Waals surface area (Å²) in [7, 11) is -5.40. The molecule has 2 aromatic rings. The van der Waals surface area contributed by atoms with Crippen molar-refractivity contribution in [3.8, 4) is 5.75 Å². The first kappa shape index (κ1) is 20.5. The average molecular weight is 425 g/mol. The van der Waals surface area contributed by atoms with E-state index in [1.807, 2.05) is 0 Å². The maximum atomic E-state index is 12.5. The van der Waals surface area contributed by atoms with Gasteiger partial charge in [0, 0.05) is 12.2 Å². The van der Waals surface area contributed by atoms with Crippen LogP contribution in [0.1, 0.15) is 24.5 Å². The largest absolute Gasteiger partial charge is 0.497 e. The van der Waals surface area contributed by atoms with E-state index in [9.17, 15) is 16.8 Å². The Hall–Kier alpha value is -2.26. The van der Waals surface area contributed by atoms with Gasteiger partial charge in [0.1, 0.15) is 5.75 Å². The molecule has 0 aliphatic carbocycles. The highest BCUT2D eigenvalue weighted by atomic mass is 32.2. The number of fused-ring (bicyclic) bond motifs is 1. The van der Waals surface area contributed by atoms with Gasteiger partial charge in [0.05, 0.1) is 24.3 Å². The van der Waals surface area contributed by atoms with Crippen molar-refractivity contribution in [3.63, 3.8) is 0 Å². The third-order valence-electron chi connectivity index (χ3n) is 4.65. The smallest absolute Gasteiger partial charge is 0.236 e. The van der Waals surface area contributed by atoms with Crippen LogP contribution in [0.4, 0.5) is 11.4 Å². The highest BCUT2D eigenvalue weighted by Gasteiger charge is 2.26. The lowest BCUT2D eigenvalue weighted by atomic mass is 10.0. The second kappa shape index (κ2) is 8.00. The van der Waals surface area contributed by atoms with Gasteiger partial charge in [0.2, 0.25) is 20.0 Å². The summed E-state index contributed by atoms with van der Waals surface area (Å²) in [5.74, 6) is 0.531. The number of aryl methyl sites for hydroxylation is 1. The number of methoxy groups -OCH3 is 1. The molecule has 0 spiro atoms. The molecule has 2 aromatic carbocycles. The maximum absolute atomic E-state index is 12.5. The van der Waals surface area contributed by atoms with Gasteiger partial charge in [-0.05, 0) is 61.2 Å². The van der Waals surface area contributed by atoms with Gasteiger partial charge < -0.3 is 4.74 Å². The van der Waals surface area contributed by atoms with Gasteiger partial charge in [0.15, 0.2) is 0 Å². The van der Waals surface area contributed by atoms with Crippen molar-refractivity contribution in [2.24, 2.45) is 0 Å². The normalized spacial score (nSPS) is 14.4. The molecule has 0 saturated heterocycles. The van der Waals surface area contributed by atoms with Gasteiger partial charge in [0.25, 0.3) is 0 Å². The Labute approximate surface area is 166 Å². The van der Waals surface area contributed by atoms with E-state index >= 15 is 0 Å². The molecule has 0 aromatic heterocycles. The van der Waals surface area contributed by atoms with Crippen molar-refractivity contribution < 1.29 is 21.6 Å². The van der Waals surface area contributed by atoms with E-state index in [1.54, 1.807) is 56.5 Å². The van der Waals surface area contributed by atoms with E-state index in [4.69, 9.17) is 4.74 Å². The zero-order chi connectivity index (χ0) is 20.4. The molecule has 7 nitrogen and oxygen atoms in total. The average Bonchev–Trinajstić information content (AvgIpc) is 2.67. The summed E-state index contributed by atoms with van der Waals surface area (Å²) >= 11 is 0. The quantitative estimate of drug-likeness (QED) is 0.738. The van der Waals surface area contributed by atoms with Crippen molar-refractivity contribution in [3.05, 3.63) is 53.6 Å². The molecular formula is C19H24N2O5S2. The van der Waals surface area contributed by atoms with Crippen LogP contribution in [0.2, 0.25) is 0 Å². The van der Waals surface area contributed by atoms with Crippen LogP contribution in [0.5, 0.6) is 5.75 Å². The molecule has 3 rings (SSSR count). The Kier molecular flexibility index (Phi) is 5.85. The topological polar surface area (TPSA) is 92.8 Å². The van der Waals surface area contributed by atoms with Crippen LogP contribution < -0.4 is 13.8 Å². The van der Waals surface area contributed by atoms with Crippen LogP contribution in [0, 0.1) is 0 Å². The van der Waals surface area contributed by atoms with E-state index in [0.29, 0.717) is 42.1 Å². The molecule has 1 aliphatic rings. The zero-order valence-electron chi connectivity index (χ0n) is 15.9. The van der Waals surface area contributed by atoms with E-state index in [1.165, 1.54) is 4.31 Å². The van der Waals surface area contributed by atoms with E-state index in [0.717, 1.165) is 5.56 Å². The van der Waals surface area contributed by atoms with Crippen molar-refractivity contribution >= 4 is 31.4 Å². The standard InChI is InChI=1S/C19H24N2O5S2/c1-3-28(24,25)21-12-4-5-16-13-17(8-11-19(16)21)20-27(22,23)14-15-6-9-18(26-2)10-7-15/h6-11,13,20H,3-5,12,14H2,1-2H3. The second-order valence-electron chi connectivity index (χ2n) is 6.63. The monoisotopic (exact) mass is 424 g/mol. The molecule has 0 bridgehead atoms. The van der Waals surface area contributed by atoms with Crippen molar-refractivity contribution in [1.29, 1.82) is 0 Å². The molecule has 0 radical (unpaired) electrons. The molecule has 0 atom stereocenters. The second-order valence-corrected chi connectivity index (χ2v) is 10.5. The minimum Gasteiger partial charge on any atom is -0.497 e. The number of benzene rings is 2. The Bertz CT molecular complexity index is 1050. The molecule has 1 N–H and O–H groups in total.